The minimum Gasteiger partial charge on any atom is -0.468 e. The number of thioether (sulfide) groups is 1. The molecule has 0 saturated heterocycles. The Morgan fingerprint density at radius 3 is 2.25 bits per heavy atom. The second kappa shape index (κ2) is 10.2. The number of carbonyl (C=O) groups is 3. The molecule has 1 heterocycles. The van der Waals surface area contributed by atoms with E-state index in [-0.39, 0.29) is 22.3 Å². The van der Waals surface area contributed by atoms with Crippen LogP contribution in [-0.4, -0.2) is 30.6 Å². The summed E-state index contributed by atoms with van der Waals surface area (Å²) in [5.74, 6) is -3.57. The Kier molecular flexibility index (Phi) is 7.33. The van der Waals surface area contributed by atoms with Crippen molar-refractivity contribution in [3.05, 3.63) is 75.8 Å². The van der Waals surface area contributed by atoms with E-state index in [0.717, 1.165) is 22.9 Å². The average Bonchev–Trinajstić information content (AvgIpc) is 2.78. The van der Waals surface area contributed by atoms with Crippen LogP contribution in [-0.2, 0) is 19.1 Å². The molecular formula is C24H23N3O4S. The summed E-state index contributed by atoms with van der Waals surface area (Å²) in [5.41, 5.74) is 3.62. The monoisotopic (exact) mass is 449 g/mol. The lowest BCUT2D eigenvalue weighted by atomic mass is 9.78. The maximum Gasteiger partial charge on any atom is 0.319 e. The molecule has 0 fully saturated rings. The van der Waals surface area contributed by atoms with Gasteiger partial charge in [-0.25, -0.2) is 0 Å². The first kappa shape index (κ1) is 23.1. The molecule has 0 unspecified atom stereocenters. The molecule has 0 bridgehead atoms. The van der Waals surface area contributed by atoms with Crippen LogP contribution in [0.5, 0.6) is 0 Å². The van der Waals surface area contributed by atoms with Crippen molar-refractivity contribution in [2.75, 3.05) is 18.2 Å². The Morgan fingerprint density at radius 1 is 1.09 bits per heavy atom. The van der Waals surface area contributed by atoms with Crippen molar-refractivity contribution in [3.63, 3.8) is 0 Å². The summed E-state index contributed by atoms with van der Waals surface area (Å²) in [6, 6.07) is 16.8. The van der Waals surface area contributed by atoms with E-state index in [2.05, 4.69) is 16.7 Å². The van der Waals surface area contributed by atoms with E-state index >= 15 is 0 Å². The molecule has 2 aromatic rings. The third kappa shape index (κ3) is 5.18. The highest BCUT2D eigenvalue weighted by Crippen LogP contribution is 2.40. The van der Waals surface area contributed by atoms with Gasteiger partial charge in [-0.3, -0.25) is 14.4 Å². The molecule has 2 atom stereocenters. The molecule has 8 heteroatoms. The number of rotatable bonds is 6. The molecule has 2 N–H and O–H groups in total. The van der Waals surface area contributed by atoms with Gasteiger partial charge in [0, 0.05) is 11.6 Å². The highest BCUT2D eigenvalue weighted by atomic mass is 32.2. The van der Waals surface area contributed by atoms with E-state index in [9.17, 15) is 19.6 Å². The summed E-state index contributed by atoms with van der Waals surface area (Å²) in [6.07, 6.45) is 0. The molecule has 7 nitrogen and oxygen atoms in total. The number of aryl methyl sites for hydroxylation is 2. The number of benzene rings is 2. The Hall–Kier alpha value is -3.57. The zero-order valence-electron chi connectivity index (χ0n) is 18.0. The van der Waals surface area contributed by atoms with E-state index in [1.807, 2.05) is 38.1 Å². The van der Waals surface area contributed by atoms with Gasteiger partial charge < -0.3 is 15.4 Å². The number of anilines is 1. The quantitative estimate of drug-likeness (QED) is 0.517. The molecule has 0 aliphatic carbocycles. The molecule has 1 aliphatic heterocycles. The number of nitrogens with zero attached hydrogens (tertiary/aromatic N) is 1. The number of nitriles is 1. The first-order valence-electron chi connectivity index (χ1n) is 9.93. The second-order valence-electron chi connectivity index (χ2n) is 7.44. The third-order valence-corrected chi connectivity index (χ3v) is 6.12. The van der Waals surface area contributed by atoms with Crippen LogP contribution in [0.25, 0.3) is 0 Å². The van der Waals surface area contributed by atoms with E-state index < -0.39 is 23.7 Å². The van der Waals surface area contributed by atoms with Gasteiger partial charge in [0.25, 0.3) is 0 Å². The normalized spacial score (nSPS) is 17.9. The fourth-order valence-electron chi connectivity index (χ4n) is 3.43. The van der Waals surface area contributed by atoms with E-state index in [0.29, 0.717) is 11.3 Å². The highest BCUT2D eigenvalue weighted by molar-refractivity contribution is 8.03. The second-order valence-corrected chi connectivity index (χ2v) is 8.42. The van der Waals surface area contributed by atoms with E-state index in [1.165, 1.54) is 7.11 Å². The van der Waals surface area contributed by atoms with Crippen molar-refractivity contribution in [2.24, 2.45) is 5.92 Å². The molecule has 2 aromatic carbocycles. The van der Waals surface area contributed by atoms with Crippen molar-refractivity contribution in [3.8, 4) is 6.07 Å². The molecule has 1 aliphatic rings. The summed E-state index contributed by atoms with van der Waals surface area (Å²) < 4.78 is 4.83. The zero-order valence-corrected chi connectivity index (χ0v) is 18.8. The Balaban J connectivity index is 1.87. The fourth-order valence-corrected chi connectivity index (χ4v) is 4.27. The molecule has 0 radical (unpaired) electrons. The summed E-state index contributed by atoms with van der Waals surface area (Å²) >= 11 is 1.05. The molecule has 0 saturated carbocycles. The lowest BCUT2D eigenvalue weighted by Gasteiger charge is -2.31. The molecule has 164 valence electrons. The first-order chi connectivity index (χ1) is 15.3. The maximum absolute atomic E-state index is 12.8. The van der Waals surface area contributed by atoms with Gasteiger partial charge >= 0.3 is 5.97 Å². The van der Waals surface area contributed by atoms with Crippen LogP contribution in [0.1, 0.15) is 22.6 Å². The van der Waals surface area contributed by atoms with Crippen LogP contribution in [0.2, 0.25) is 0 Å². The van der Waals surface area contributed by atoms with Crippen LogP contribution in [0, 0.1) is 31.1 Å². The zero-order chi connectivity index (χ0) is 23.3. The molecule has 0 spiro atoms. The number of ether oxygens (including phenoxy) is 1. The number of hydrogen-bond donors (Lipinski definition) is 2. The van der Waals surface area contributed by atoms with Crippen molar-refractivity contribution >= 4 is 35.2 Å². The molecule has 3 rings (SSSR count). The molecule has 2 amide bonds. The first-order valence-corrected chi connectivity index (χ1v) is 10.9. The molecule has 32 heavy (non-hydrogen) atoms. The van der Waals surface area contributed by atoms with Gasteiger partial charge in [-0.1, -0.05) is 59.3 Å². The molecular weight excluding hydrogens is 426 g/mol. The minimum absolute atomic E-state index is 0.0157. The number of amides is 2. The number of allylic oxidation sites excluding steroid dienone is 1. The summed E-state index contributed by atoms with van der Waals surface area (Å²) in [7, 11) is 1.21. The Bertz CT molecular complexity index is 1100. The SMILES string of the molecule is COC(=O)[C@H]1C(=O)NC(SCC(=O)Nc2ccc(C)cc2)=C(C#N)[C@@H]1c1ccc(C)cc1. The molecule has 0 aromatic heterocycles. The van der Waals surface area contributed by atoms with Gasteiger partial charge in [-0.05, 0) is 31.5 Å². The predicted molar refractivity (Wildman–Crippen MR) is 122 cm³/mol. The number of nitrogens with one attached hydrogen (secondary N) is 2. The van der Waals surface area contributed by atoms with Gasteiger partial charge in [-0.2, -0.15) is 5.26 Å². The van der Waals surface area contributed by atoms with E-state index in [4.69, 9.17) is 4.74 Å². The average molecular weight is 450 g/mol. The Labute approximate surface area is 190 Å². The minimum atomic E-state index is -1.19. The Morgan fingerprint density at radius 2 is 1.69 bits per heavy atom. The third-order valence-electron chi connectivity index (χ3n) is 5.10. The fraction of sp³-hybridized carbons (Fsp3) is 0.250. The summed E-state index contributed by atoms with van der Waals surface area (Å²) in [5, 5.41) is 15.6. The van der Waals surface area contributed by atoms with Gasteiger partial charge in [0.15, 0.2) is 0 Å². The van der Waals surface area contributed by atoms with E-state index in [1.54, 1.807) is 24.3 Å². The number of carbonyl (C=O) groups excluding carboxylic acids is 3. The number of hydrogen-bond acceptors (Lipinski definition) is 6. The predicted octanol–water partition coefficient (Wildman–Crippen LogP) is 3.41. The van der Waals surface area contributed by atoms with Crippen molar-refractivity contribution in [1.29, 1.82) is 5.26 Å². The van der Waals surface area contributed by atoms with Gasteiger partial charge in [0.05, 0.1) is 29.5 Å². The van der Waals surface area contributed by atoms with Crippen LogP contribution in [0.3, 0.4) is 0 Å². The largest absolute Gasteiger partial charge is 0.468 e. The standard InChI is InChI=1S/C24H23N3O4S/c1-14-4-8-16(9-5-14)20-18(12-25)23(27-22(29)21(20)24(30)31-3)32-13-19(28)26-17-10-6-15(2)7-11-17/h4-11,20-21H,13H2,1-3H3,(H,26,28)(H,27,29)/t20-,21+/m0/s1. The topological polar surface area (TPSA) is 108 Å². The summed E-state index contributed by atoms with van der Waals surface area (Å²) in [6.45, 7) is 3.87. The van der Waals surface area contributed by atoms with Crippen LogP contribution < -0.4 is 10.6 Å². The van der Waals surface area contributed by atoms with Crippen LogP contribution in [0.15, 0.2) is 59.1 Å². The smallest absolute Gasteiger partial charge is 0.319 e. The van der Waals surface area contributed by atoms with Gasteiger partial charge in [0.2, 0.25) is 11.8 Å². The lowest BCUT2D eigenvalue weighted by Crippen LogP contribution is -2.44. The van der Waals surface area contributed by atoms with Crippen molar-refractivity contribution in [2.45, 2.75) is 19.8 Å². The van der Waals surface area contributed by atoms with Gasteiger partial charge in [0.1, 0.15) is 5.92 Å². The maximum atomic E-state index is 12.8. The van der Waals surface area contributed by atoms with Crippen molar-refractivity contribution in [1.82, 2.24) is 5.32 Å². The van der Waals surface area contributed by atoms with Crippen LogP contribution in [0.4, 0.5) is 5.69 Å². The van der Waals surface area contributed by atoms with Crippen LogP contribution >= 0.6 is 11.8 Å². The number of esters is 1. The summed E-state index contributed by atoms with van der Waals surface area (Å²) in [4.78, 5) is 37.6. The lowest BCUT2D eigenvalue weighted by molar-refractivity contribution is -0.150. The number of methoxy groups -OCH3 is 1. The van der Waals surface area contributed by atoms with Crippen molar-refractivity contribution < 1.29 is 19.1 Å². The van der Waals surface area contributed by atoms with Gasteiger partial charge in [-0.15, -0.1) is 0 Å². The highest BCUT2D eigenvalue weighted by Gasteiger charge is 2.44.